The van der Waals surface area contributed by atoms with E-state index < -0.39 is 10.9 Å². The largest absolute Gasteiger partial charge is 0.465 e. The van der Waals surface area contributed by atoms with E-state index in [9.17, 15) is 14.9 Å². The third kappa shape index (κ3) is 5.23. The average molecular weight is 294 g/mol. The summed E-state index contributed by atoms with van der Waals surface area (Å²) >= 11 is 0. The second-order valence-corrected chi connectivity index (χ2v) is 4.10. The Labute approximate surface area is 122 Å². The SMILES string of the molecule is C=CCCOCCNc1cc(C(=O)OC)ccc1[N+](=O)[O-]. The van der Waals surface area contributed by atoms with Gasteiger partial charge in [-0.05, 0) is 18.6 Å². The normalized spacial score (nSPS) is 9.95. The molecule has 0 aliphatic heterocycles. The van der Waals surface area contributed by atoms with Gasteiger partial charge in [0.25, 0.3) is 5.69 Å². The van der Waals surface area contributed by atoms with Gasteiger partial charge >= 0.3 is 5.97 Å². The van der Waals surface area contributed by atoms with Gasteiger partial charge in [0.2, 0.25) is 0 Å². The quantitative estimate of drug-likeness (QED) is 0.247. The highest BCUT2D eigenvalue weighted by Crippen LogP contribution is 2.25. The number of nitrogens with zero attached hydrogens (tertiary/aromatic N) is 1. The Hall–Kier alpha value is -2.41. The second kappa shape index (κ2) is 8.70. The molecule has 114 valence electrons. The van der Waals surface area contributed by atoms with Crippen molar-refractivity contribution in [2.24, 2.45) is 0 Å². The average Bonchev–Trinajstić information content (AvgIpc) is 2.49. The molecule has 0 heterocycles. The van der Waals surface area contributed by atoms with Crippen molar-refractivity contribution < 1.29 is 19.2 Å². The van der Waals surface area contributed by atoms with Crippen LogP contribution in [0.25, 0.3) is 0 Å². The van der Waals surface area contributed by atoms with E-state index in [1.807, 2.05) is 0 Å². The van der Waals surface area contributed by atoms with Crippen LogP contribution in [0.3, 0.4) is 0 Å². The fourth-order valence-corrected chi connectivity index (χ4v) is 1.61. The lowest BCUT2D eigenvalue weighted by Gasteiger charge is -2.09. The van der Waals surface area contributed by atoms with E-state index in [0.29, 0.717) is 19.8 Å². The van der Waals surface area contributed by atoms with Gasteiger partial charge in [-0.2, -0.15) is 0 Å². The van der Waals surface area contributed by atoms with Crippen molar-refractivity contribution in [2.75, 3.05) is 32.2 Å². The molecule has 0 atom stereocenters. The number of esters is 1. The molecule has 0 fully saturated rings. The predicted molar refractivity (Wildman–Crippen MR) is 78.6 cm³/mol. The molecule has 21 heavy (non-hydrogen) atoms. The molecule has 0 spiro atoms. The number of nitro groups is 1. The van der Waals surface area contributed by atoms with Crippen LogP contribution in [0.15, 0.2) is 30.9 Å². The minimum atomic E-state index is -0.546. The maximum Gasteiger partial charge on any atom is 0.337 e. The summed E-state index contributed by atoms with van der Waals surface area (Å²) < 4.78 is 9.89. The topological polar surface area (TPSA) is 90.7 Å². The van der Waals surface area contributed by atoms with Crippen LogP contribution in [0.5, 0.6) is 0 Å². The number of anilines is 1. The first-order chi connectivity index (χ1) is 10.1. The number of rotatable bonds is 9. The fourth-order valence-electron chi connectivity index (χ4n) is 1.61. The lowest BCUT2D eigenvalue weighted by molar-refractivity contribution is -0.384. The van der Waals surface area contributed by atoms with Crippen LogP contribution in [0.4, 0.5) is 11.4 Å². The Balaban J connectivity index is 2.70. The van der Waals surface area contributed by atoms with Crippen molar-refractivity contribution in [1.82, 2.24) is 0 Å². The van der Waals surface area contributed by atoms with Gasteiger partial charge in [-0.3, -0.25) is 10.1 Å². The summed E-state index contributed by atoms with van der Waals surface area (Å²) in [6, 6.07) is 4.02. The number of carbonyl (C=O) groups excluding carboxylic acids is 1. The number of hydrogen-bond acceptors (Lipinski definition) is 6. The first-order valence-electron chi connectivity index (χ1n) is 6.39. The first kappa shape index (κ1) is 16.6. The lowest BCUT2D eigenvalue weighted by Crippen LogP contribution is -2.12. The zero-order valence-corrected chi connectivity index (χ0v) is 11.8. The molecule has 0 unspecified atom stereocenters. The standard InChI is InChI=1S/C14H18N2O5/c1-3-4-8-21-9-7-15-12-10-11(14(17)20-2)5-6-13(12)16(18)19/h3,5-6,10,15H,1,4,7-9H2,2H3. The number of benzene rings is 1. The zero-order valence-electron chi connectivity index (χ0n) is 11.8. The van der Waals surface area contributed by atoms with Gasteiger partial charge in [0.15, 0.2) is 0 Å². The summed E-state index contributed by atoms with van der Waals surface area (Å²) in [5.41, 5.74) is 0.405. The molecule has 0 radical (unpaired) electrons. The monoisotopic (exact) mass is 294 g/mol. The molecular formula is C14H18N2O5. The zero-order chi connectivity index (χ0) is 15.7. The highest BCUT2D eigenvalue weighted by atomic mass is 16.6. The predicted octanol–water partition coefficient (Wildman–Crippen LogP) is 2.39. The molecule has 0 saturated heterocycles. The van der Waals surface area contributed by atoms with E-state index in [2.05, 4.69) is 16.6 Å². The lowest BCUT2D eigenvalue weighted by atomic mass is 10.1. The highest BCUT2D eigenvalue weighted by molar-refractivity contribution is 5.91. The minimum absolute atomic E-state index is 0.103. The summed E-state index contributed by atoms with van der Waals surface area (Å²) in [5.74, 6) is -0.546. The van der Waals surface area contributed by atoms with E-state index in [0.717, 1.165) is 6.42 Å². The molecule has 1 aromatic carbocycles. The smallest absolute Gasteiger partial charge is 0.337 e. The molecule has 1 aromatic rings. The van der Waals surface area contributed by atoms with Gasteiger partial charge in [0, 0.05) is 12.6 Å². The molecule has 0 amide bonds. The fraction of sp³-hybridized carbons (Fsp3) is 0.357. The number of nitro benzene ring substituents is 1. The van der Waals surface area contributed by atoms with E-state index in [4.69, 9.17) is 4.74 Å². The first-order valence-corrected chi connectivity index (χ1v) is 6.39. The van der Waals surface area contributed by atoms with Crippen LogP contribution >= 0.6 is 0 Å². The Morgan fingerprint density at radius 3 is 2.86 bits per heavy atom. The molecule has 0 aliphatic carbocycles. The van der Waals surface area contributed by atoms with Crippen molar-refractivity contribution >= 4 is 17.3 Å². The van der Waals surface area contributed by atoms with E-state index in [1.54, 1.807) is 6.08 Å². The Bertz CT molecular complexity index is 516. The summed E-state index contributed by atoms with van der Waals surface area (Å²) in [5, 5.41) is 13.8. The van der Waals surface area contributed by atoms with E-state index in [-0.39, 0.29) is 16.9 Å². The van der Waals surface area contributed by atoms with Gasteiger partial charge in [0.05, 0.1) is 30.8 Å². The number of carbonyl (C=O) groups is 1. The Kier molecular flexibility index (Phi) is 6.90. The van der Waals surface area contributed by atoms with E-state index in [1.165, 1.54) is 25.3 Å². The summed E-state index contributed by atoms with van der Waals surface area (Å²) in [7, 11) is 1.25. The summed E-state index contributed by atoms with van der Waals surface area (Å²) in [6.07, 6.45) is 2.50. The second-order valence-electron chi connectivity index (χ2n) is 4.10. The van der Waals surface area contributed by atoms with Crippen molar-refractivity contribution in [1.29, 1.82) is 0 Å². The van der Waals surface area contributed by atoms with Crippen LogP contribution in [-0.2, 0) is 9.47 Å². The maximum absolute atomic E-state index is 11.4. The molecule has 7 heteroatoms. The van der Waals surface area contributed by atoms with Crippen molar-refractivity contribution in [3.8, 4) is 0 Å². The molecule has 0 saturated carbocycles. The van der Waals surface area contributed by atoms with Gasteiger partial charge in [-0.1, -0.05) is 6.08 Å². The van der Waals surface area contributed by atoms with Gasteiger partial charge < -0.3 is 14.8 Å². The van der Waals surface area contributed by atoms with Crippen LogP contribution in [0.2, 0.25) is 0 Å². The maximum atomic E-state index is 11.4. The van der Waals surface area contributed by atoms with Crippen molar-refractivity contribution in [3.63, 3.8) is 0 Å². The molecule has 1 N–H and O–H groups in total. The Morgan fingerprint density at radius 1 is 1.48 bits per heavy atom. The third-order valence-corrected chi connectivity index (χ3v) is 2.64. The third-order valence-electron chi connectivity index (χ3n) is 2.64. The highest BCUT2D eigenvalue weighted by Gasteiger charge is 2.16. The van der Waals surface area contributed by atoms with Crippen LogP contribution < -0.4 is 5.32 Å². The molecule has 1 rings (SSSR count). The van der Waals surface area contributed by atoms with Crippen molar-refractivity contribution in [3.05, 3.63) is 46.5 Å². The number of ether oxygens (including phenoxy) is 2. The molecular weight excluding hydrogens is 276 g/mol. The van der Waals surface area contributed by atoms with Gasteiger partial charge in [0.1, 0.15) is 5.69 Å². The number of nitrogens with one attached hydrogen (secondary N) is 1. The van der Waals surface area contributed by atoms with Crippen LogP contribution in [0.1, 0.15) is 16.8 Å². The van der Waals surface area contributed by atoms with Gasteiger partial charge in [-0.25, -0.2) is 4.79 Å². The van der Waals surface area contributed by atoms with Gasteiger partial charge in [-0.15, -0.1) is 6.58 Å². The molecule has 7 nitrogen and oxygen atoms in total. The minimum Gasteiger partial charge on any atom is -0.465 e. The summed E-state index contributed by atoms with van der Waals surface area (Å²) in [4.78, 5) is 21.9. The molecule has 0 bridgehead atoms. The van der Waals surface area contributed by atoms with Crippen molar-refractivity contribution in [2.45, 2.75) is 6.42 Å². The van der Waals surface area contributed by atoms with Crippen LogP contribution in [0, 0.1) is 10.1 Å². The number of hydrogen-bond donors (Lipinski definition) is 1. The molecule has 0 aromatic heterocycles. The van der Waals surface area contributed by atoms with Crippen LogP contribution in [-0.4, -0.2) is 37.8 Å². The number of methoxy groups -OCH3 is 1. The van der Waals surface area contributed by atoms with E-state index >= 15 is 0 Å². The summed E-state index contributed by atoms with van der Waals surface area (Å²) in [6.45, 7) is 4.92. The Morgan fingerprint density at radius 2 is 2.24 bits per heavy atom. The molecule has 0 aliphatic rings.